The molecule has 0 unspecified atom stereocenters. The van der Waals surface area contributed by atoms with E-state index in [1.54, 1.807) is 12.1 Å². The molecule has 5 heteroatoms. The van der Waals surface area contributed by atoms with Crippen LogP contribution in [0.15, 0.2) is 42.5 Å². The predicted molar refractivity (Wildman–Crippen MR) is 67.3 cm³/mol. The van der Waals surface area contributed by atoms with Crippen molar-refractivity contribution in [1.29, 1.82) is 0 Å². The number of ether oxygens (including phenoxy) is 1. The van der Waals surface area contributed by atoms with Gasteiger partial charge in [0.15, 0.2) is 0 Å². The third-order valence-corrected chi connectivity index (χ3v) is 3.98. The molecule has 2 aromatic rings. The first kappa shape index (κ1) is 11.5. The topological polar surface area (TPSA) is 87.0 Å². The van der Waals surface area contributed by atoms with E-state index in [1.165, 1.54) is 30.3 Å². The van der Waals surface area contributed by atoms with Gasteiger partial charge in [-0.2, -0.15) is 0 Å². The summed E-state index contributed by atoms with van der Waals surface area (Å²) in [5, 5.41) is 31.5. The lowest BCUT2D eigenvalue weighted by molar-refractivity contribution is -0.224. The fourth-order valence-corrected chi connectivity index (χ4v) is 3.06. The molecule has 1 heterocycles. The number of Topliss-reactive ketones (excluding diaryl/α,β-unsaturated/α-hetero) is 1. The molecule has 2 aromatic carbocycles. The molecule has 100 valence electrons. The van der Waals surface area contributed by atoms with Gasteiger partial charge in [0, 0.05) is 11.1 Å². The molecule has 2 aliphatic rings. The summed E-state index contributed by atoms with van der Waals surface area (Å²) in [7, 11) is 0. The number of ketones is 1. The minimum Gasteiger partial charge on any atom is -0.507 e. The van der Waals surface area contributed by atoms with E-state index in [0.29, 0.717) is 0 Å². The Morgan fingerprint density at radius 2 is 1.75 bits per heavy atom. The third-order valence-electron chi connectivity index (χ3n) is 3.98. The van der Waals surface area contributed by atoms with Gasteiger partial charge in [0.2, 0.25) is 11.4 Å². The Morgan fingerprint density at radius 1 is 1.00 bits per heavy atom. The first-order chi connectivity index (χ1) is 9.50. The normalized spacial score (nSPS) is 29.6. The van der Waals surface area contributed by atoms with Crippen LogP contribution < -0.4 is 4.74 Å². The molecule has 4 rings (SSSR count). The lowest BCUT2D eigenvalue weighted by Crippen LogP contribution is -2.48. The maximum absolute atomic E-state index is 12.5. The highest BCUT2D eigenvalue weighted by Crippen LogP contribution is 2.59. The van der Waals surface area contributed by atoms with Crippen LogP contribution in [0.3, 0.4) is 0 Å². The molecule has 2 atom stereocenters. The van der Waals surface area contributed by atoms with Gasteiger partial charge in [0.1, 0.15) is 11.5 Å². The minimum absolute atomic E-state index is 0.0938. The molecule has 0 saturated heterocycles. The van der Waals surface area contributed by atoms with Gasteiger partial charge in [-0.25, -0.2) is 0 Å². The second kappa shape index (κ2) is 3.20. The Morgan fingerprint density at radius 3 is 2.55 bits per heavy atom. The quantitative estimate of drug-likeness (QED) is 0.665. The first-order valence-corrected chi connectivity index (χ1v) is 6.10. The van der Waals surface area contributed by atoms with Crippen molar-refractivity contribution in [2.24, 2.45) is 0 Å². The van der Waals surface area contributed by atoms with Crippen LogP contribution in [0.4, 0.5) is 0 Å². The van der Waals surface area contributed by atoms with E-state index >= 15 is 0 Å². The summed E-state index contributed by atoms with van der Waals surface area (Å²) in [6.45, 7) is 0. The number of benzene rings is 2. The molecule has 0 spiro atoms. The number of rotatable bonds is 0. The highest BCUT2D eigenvalue weighted by molar-refractivity contribution is 6.10. The average Bonchev–Trinajstić information content (AvgIpc) is 2.77. The monoisotopic (exact) mass is 270 g/mol. The Balaban J connectivity index is 2.10. The van der Waals surface area contributed by atoms with E-state index < -0.39 is 17.2 Å². The largest absolute Gasteiger partial charge is 0.507 e. The van der Waals surface area contributed by atoms with Crippen molar-refractivity contribution in [1.82, 2.24) is 0 Å². The van der Waals surface area contributed by atoms with Crippen LogP contribution in [0, 0.1) is 0 Å². The minimum atomic E-state index is -2.32. The van der Waals surface area contributed by atoms with E-state index in [9.17, 15) is 20.1 Å². The molecule has 3 N–H and O–H groups in total. The maximum Gasteiger partial charge on any atom is 0.277 e. The van der Waals surface area contributed by atoms with E-state index in [2.05, 4.69) is 0 Å². The summed E-state index contributed by atoms with van der Waals surface area (Å²) in [6, 6.07) is 10.6. The number of phenols is 1. The van der Waals surface area contributed by atoms with E-state index in [0.717, 1.165) is 0 Å². The predicted octanol–water partition coefficient (Wildman–Crippen LogP) is 1.01. The maximum atomic E-state index is 12.5. The second-order valence-electron chi connectivity index (χ2n) is 4.98. The fourth-order valence-electron chi connectivity index (χ4n) is 3.06. The van der Waals surface area contributed by atoms with Gasteiger partial charge in [-0.15, -0.1) is 0 Å². The van der Waals surface area contributed by atoms with Crippen molar-refractivity contribution < 1.29 is 24.9 Å². The van der Waals surface area contributed by atoms with E-state index in [4.69, 9.17) is 4.74 Å². The van der Waals surface area contributed by atoms with E-state index in [-0.39, 0.29) is 28.2 Å². The average molecular weight is 270 g/mol. The summed E-state index contributed by atoms with van der Waals surface area (Å²) < 4.78 is 5.42. The fraction of sp³-hybridized carbons (Fsp3) is 0.133. The van der Waals surface area contributed by atoms with Gasteiger partial charge in [-0.1, -0.05) is 30.3 Å². The Kier molecular flexibility index (Phi) is 1.83. The number of aromatic hydroxyl groups is 1. The van der Waals surface area contributed by atoms with Gasteiger partial charge in [-0.3, -0.25) is 4.79 Å². The highest BCUT2D eigenvalue weighted by atomic mass is 16.7. The van der Waals surface area contributed by atoms with Gasteiger partial charge in [0.25, 0.3) is 5.79 Å². The first-order valence-electron chi connectivity index (χ1n) is 6.10. The molecular weight excluding hydrogens is 260 g/mol. The number of carbonyl (C=O) groups excluding carboxylic acids is 1. The summed E-state index contributed by atoms with van der Waals surface area (Å²) >= 11 is 0. The molecule has 20 heavy (non-hydrogen) atoms. The number of hydrogen-bond donors (Lipinski definition) is 3. The van der Waals surface area contributed by atoms with Crippen LogP contribution >= 0.6 is 0 Å². The number of carbonyl (C=O) groups is 1. The zero-order valence-electron chi connectivity index (χ0n) is 10.2. The molecule has 0 fully saturated rings. The molecule has 0 aromatic heterocycles. The van der Waals surface area contributed by atoms with Crippen LogP contribution in [0.25, 0.3) is 0 Å². The smallest absolute Gasteiger partial charge is 0.277 e. The molecular formula is C15H10O5. The standard InChI is InChI=1S/C15H10O5/c16-10-6-3-7-11-12(10)14(18)13(17)8-4-1-2-5-9(8)15(14,19)20-11/h1-7,16,18-19H/t14-,15-/m0/s1. The Bertz CT molecular complexity index is 769. The van der Waals surface area contributed by atoms with Crippen molar-refractivity contribution in [3.8, 4) is 11.5 Å². The van der Waals surface area contributed by atoms with Crippen molar-refractivity contribution in [2.45, 2.75) is 11.4 Å². The lowest BCUT2D eigenvalue weighted by Gasteiger charge is -2.28. The van der Waals surface area contributed by atoms with Gasteiger partial charge in [0.05, 0.1) is 5.56 Å². The van der Waals surface area contributed by atoms with Crippen LogP contribution in [0.1, 0.15) is 21.5 Å². The summed E-state index contributed by atoms with van der Waals surface area (Å²) in [5.74, 6) is -3.09. The molecule has 5 nitrogen and oxygen atoms in total. The van der Waals surface area contributed by atoms with Gasteiger partial charge >= 0.3 is 0 Å². The lowest BCUT2D eigenvalue weighted by atomic mass is 9.86. The number of phenolic OH excluding ortho intramolecular Hbond substituents is 1. The summed E-state index contributed by atoms with van der Waals surface area (Å²) in [5.41, 5.74) is -2.03. The molecule has 1 aliphatic heterocycles. The van der Waals surface area contributed by atoms with Gasteiger partial charge in [-0.05, 0) is 12.1 Å². The summed E-state index contributed by atoms with van der Waals surface area (Å²) in [4.78, 5) is 12.5. The summed E-state index contributed by atoms with van der Waals surface area (Å²) in [6.07, 6.45) is 0. The van der Waals surface area contributed by atoms with Crippen molar-refractivity contribution in [2.75, 3.05) is 0 Å². The van der Waals surface area contributed by atoms with Crippen molar-refractivity contribution >= 4 is 5.78 Å². The molecule has 0 saturated carbocycles. The number of fused-ring (bicyclic) bond motifs is 5. The Hall–Kier alpha value is -2.37. The van der Waals surface area contributed by atoms with E-state index in [1.807, 2.05) is 0 Å². The van der Waals surface area contributed by atoms with Crippen LogP contribution in [0.2, 0.25) is 0 Å². The molecule has 0 radical (unpaired) electrons. The zero-order chi connectivity index (χ0) is 14.1. The second-order valence-corrected chi connectivity index (χ2v) is 4.98. The third kappa shape index (κ3) is 0.973. The molecule has 0 bridgehead atoms. The Labute approximate surface area is 113 Å². The zero-order valence-corrected chi connectivity index (χ0v) is 10.2. The highest BCUT2D eigenvalue weighted by Gasteiger charge is 2.71. The molecule has 0 amide bonds. The van der Waals surface area contributed by atoms with Crippen LogP contribution in [-0.4, -0.2) is 21.1 Å². The number of aliphatic hydroxyl groups is 2. The molecule has 1 aliphatic carbocycles. The SMILES string of the molecule is O=C1c2ccccc2[C@]2(O)Oc3cccc(O)c3[C@]12O. The van der Waals surface area contributed by atoms with Crippen molar-refractivity contribution in [3.05, 3.63) is 59.2 Å². The van der Waals surface area contributed by atoms with Crippen LogP contribution in [0.5, 0.6) is 11.5 Å². The van der Waals surface area contributed by atoms with Crippen LogP contribution in [-0.2, 0) is 11.4 Å². The van der Waals surface area contributed by atoms with Crippen molar-refractivity contribution in [3.63, 3.8) is 0 Å². The number of hydrogen-bond acceptors (Lipinski definition) is 5. The van der Waals surface area contributed by atoms with Gasteiger partial charge < -0.3 is 20.1 Å².